The van der Waals surface area contributed by atoms with Gasteiger partial charge in [0.05, 0.1) is 18.2 Å². The molecular formula is C14H10ClF3N2O3. The maximum atomic E-state index is 12.7. The van der Waals surface area contributed by atoms with Crippen molar-refractivity contribution in [2.75, 3.05) is 12.4 Å². The zero-order chi connectivity index (χ0) is 17.2. The molecule has 5 nitrogen and oxygen atoms in total. The van der Waals surface area contributed by atoms with Gasteiger partial charge in [-0.3, -0.25) is 9.59 Å². The molecule has 23 heavy (non-hydrogen) atoms. The van der Waals surface area contributed by atoms with Crippen molar-refractivity contribution in [1.29, 1.82) is 0 Å². The van der Waals surface area contributed by atoms with E-state index in [1.54, 1.807) is 0 Å². The van der Waals surface area contributed by atoms with Crippen LogP contribution in [0.15, 0.2) is 35.3 Å². The third-order valence-electron chi connectivity index (χ3n) is 2.88. The van der Waals surface area contributed by atoms with E-state index in [1.165, 1.54) is 25.3 Å². The molecule has 1 aromatic carbocycles. The average molecular weight is 347 g/mol. The Labute approximate surface area is 133 Å². The summed E-state index contributed by atoms with van der Waals surface area (Å²) in [6.07, 6.45) is -4.13. The first-order valence-corrected chi connectivity index (χ1v) is 6.55. The number of pyridine rings is 1. The number of aromatic amines is 1. The largest absolute Gasteiger partial charge is 0.496 e. The van der Waals surface area contributed by atoms with Crippen molar-refractivity contribution in [1.82, 2.24) is 4.98 Å². The minimum Gasteiger partial charge on any atom is -0.496 e. The first-order chi connectivity index (χ1) is 10.7. The molecule has 0 fully saturated rings. The monoisotopic (exact) mass is 346 g/mol. The van der Waals surface area contributed by atoms with Gasteiger partial charge in [0, 0.05) is 11.2 Å². The van der Waals surface area contributed by atoms with Crippen molar-refractivity contribution in [2.45, 2.75) is 6.18 Å². The number of amides is 1. The first-order valence-electron chi connectivity index (χ1n) is 6.17. The number of halogens is 4. The van der Waals surface area contributed by atoms with Crippen molar-refractivity contribution in [3.8, 4) is 5.75 Å². The number of benzene rings is 1. The minimum atomic E-state index is -4.66. The van der Waals surface area contributed by atoms with E-state index in [0.717, 1.165) is 0 Å². The highest BCUT2D eigenvalue weighted by Crippen LogP contribution is 2.29. The Balaban J connectivity index is 2.38. The molecule has 0 atom stereocenters. The predicted octanol–water partition coefficient (Wildman–Crippen LogP) is 3.31. The second kappa shape index (κ2) is 6.33. The van der Waals surface area contributed by atoms with Crippen LogP contribution >= 0.6 is 11.6 Å². The number of H-pyrrole nitrogens is 1. The molecule has 0 saturated carbocycles. The maximum Gasteiger partial charge on any atom is 0.417 e. The summed E-state index contributed by atoms with van der Waals surface area (Å²) in [6, 6.07) is 4.73. The van der Waals surface area contributed by atoms with Crippen LogP contribution in [0.4, 0.5) is 18.9 Å². The van der Waals surface area contributed by atoms with E-state index in [0.29, 0.717) is 12.3 Å². The molecular weight excluding hydrogens is 337 g/mol. The zero-order valence-electron chi connectivity index (χ0n) is 11.6. The van der Waals surface area contributed by atoms with Gasteiger partial charge >= 0.3 is 6.18 Å². The van der Waals surface area contributed by atoms with E-state index in [1.807, 2.05) is 4.98 Å². The van der Waals surface area contributed by atoms with E-state index in [4.69, 9.17) is 16.3 Å². The Morgan fingerprint density at radius 2 is 2.00 bits per heavy atom. The summed E-state index contributed by atoms with van der Waals surface area (Å²) in [5, 5.41) is 2.35. The second-order valence-corrected chi connectivity index (χ2v) is 4.86. The molecule has 0 aliphatic carbocycles. The summed E-state index contributed by atoms with van der Waals surface area (Å²) in [4.78, 5) is 25.7. The fourth-order valence-corrected chi connectivity index (χ4v) is 1.96. The van der Waals surface area contributed by atoms with Gasteiger partial charge in [-0.15, -0.1) is 0 Å². The van der Waals surface area contributed by atoms with Gasteiger partial charge in [0.1, 0.15) is 11.4 Å². The molecule has 0 aliphatic heterocycles. The Hall–Kier alpha value is -2.48. The molecule has 9 heteroatoms. The molecule has 0 aliphatic rings. The van der Waals surface area contributed by atoms with E-state index in [-0.39, 0.29) is 16.3 Å². The summed E-state index contributed by atoms with van der Waals surface area (Å²) in [7, 11) is 1.32. The lowest BCUT2D eigenvalue weighted by atomic mass is 10.1. The standard InChI is InChI=1S/C14H10ClF3N2O3/c1-23-11-3-2-8(15)5-9(11)12(21)20-10-4-7(14(16,17)18)6-19-13(10)22/h2-6H,1H3,(H,19,22)(H,20,21). The molecule has 1 heterocycles. The SMILES string of the molecule is COc1ccc(Cl)cc1C(=O)Nc1cc(C(F)(F)F)c[nH]c1=O. The van der Waals surface area contributed by atoms with Gasteiger partial charge in [0.25, 0.3) is 11.5 Å². The van der Waals surface area contributed by atoms with Gasteiger partial charge in [-0.05, 0) is 24.3 Å². The molecule has 0 bridgehead atoms. The fourth-order valence-electron chi connectivity index (χ4n) is 1.79. The van der Waals surface area contributed by atoms with E-state index in [9.17, 15) is 22.8 Å². The summed E-state index contributed by atoms with van der Waals surface area (Å²) in [5.74, 6) is -0.663. The van der Waals surface area contributed by atoms with Crippen molar-refractivity contribution < 1.29 is 22.7 Å². The number of rotatable bonds is 3. The topological polar surface area (TPSA) is 71.2 Å². The Bertz CT molecular complexity index is 803. The smallest absolute Gasteiger partial charge is 0.417 e. The van der Waals surface area contributed by atoms with Gasteiger partial charge in [-0.1, -0.05) is 11.6 Å². The van der Waals surface area contributed by atoms with Crippen LogP contribution in [0.5, 0.6) is 5.75 Å². The third-order valence-corrected chi connectivity index (χ3v) is 3.12. The lowest BCUT2D eigenvalue weighted by Crippen LogP contribution is -2.21. The minimum absolute atomic E-state index is 0.0168. The van der Waals surface area contributed by atoms with Crippen LogP contribution in [0.1, 0.15) is 15.9 Å². The van der Waals surface area contributed by atoms with Crippen molar-refractivity contribution in [3.05, 3.63) is 57.0 Å². The normalized spacial score (nSPS) is 11.2. The van der Waals surface area contributed by atoms with Crippen molar-refractivity contribution in [2.24, 2.45) is 0 Å². The van der Waals surface area contributed by atoms with E-state index >= 15 is 0 Å². The van der Waals surface area contributed by atoms with Crippen LogP contribution in [-0.4, -0.2) is 18.0 Å². The highest BCUT2D eigenvalue weighted by molar-refractivity contribution is 6.31. The van der Waals surface area contributed by atoms with Gasteiger partial charge in [0.15, 0.2) is 0 Å². The first kappa shape index (κ1) is 16.9. The molecule has 2 N–H and O–H groups in total. The number of carbonyl (C=O) groups excluding carboxylic acids is 1. The third kappa shape index (κ3) is 3.84. The molecule has 0 radical (unpaired) electrons. The number of carbonyl (C=O) groups is 1. The van der Waals surface area contributed by atoms with Crippen LogP contribution in [0, 0.1) is 0 Å². The number of hydrogen-bond acceptors (Lipinski definition) is 3. The highest BCUT2D eigenvalue weighted by atomic mass is 35.5. The number of alkyl halides is 3. The van der Waals surface area contributed by atoms with Crippen LogP contribution in [0.3, 0.4) is 0 Å². The molecule has 0 saturated heterocycles. The lowest BCUT2D eigenvalue weighted by molar-refractivity contribution is -0.137. The molecule has 122 valence electrons. The van der Waals surface area contributed by atoms with Crippen LogP contribution in [0.25, 0.3) is 0 Å². The summed E-state index contributed by atoms with van der Waals surface area (Å²) in [5.41, 5.74) is -2.51. The lowest BCUT2D eigenvalue weighted by Gasteiger charge is -2.11. The Morgan fingerprint density at radius 1 is 1.30 bits per heavy atom. The summed E-state index contributed by atoms with van der Waals surface area (Å²) in [6.45, 7) is 0. The summed E-state index contributed by atoms with van der Waals surface area (Å²) < 4.78 is 43.0. The Morgan fingerprint density at radius 3 is 2.61 bits per heavy atom. The molecule has 2 rings (SSSR count). The highest BCUT2D eigenvalue weighted by Gasteiger charge is 2.31. The molecule has 0 unspecified atom stereocenters. The number of hydrogen-bond donors (Lipinski definition) is 2. The number of methoxy groups -OCH3 is 1. The van der Waals surface area contributed by atoms with Crippen LogP contribution in [0.2, 0.25) is 5.02 Å². The quantitative estimate of drug-likeness (QED) is 0.895. The zero-order valence-corrected chi connectivity index (χ0v) is 12.4. The Kier molecular flexibility index (Phi) is 4.65. The summed E-state index contributed by atoms with van der Waals surface area (Å²) >= 11 is 5.78. The number of nitrogens with one attached hydrogen (secondary N) is 2. The second-order valence-electron chi connectivity index (χ2n) is 4.43. The number of anilines is 1. The molecule has 1 aromatic heterocycles. The average Bonchev–Trinajstić information content (AvgIpc) is 2.48. The van der Waals surface area contributed by atoms with Gasteiger partial charge in [-0.25, -0.2) is 0 Å². The maximum absolute atomic E-state index is 12.7. The van der Waals surface area contributed by atoms with Crippen molar-refractivity contribution >= 4 is 23.2 Å². The molecule has 1 amide bonds. The van der Waals surface area contributed by atoms with Crippen LogP contribution in [-0.2, 0) is 6.18 Å². The van der Waals surface area contributed by atoms with E-state index in [2.05, 4.69) is 5.32 Å². The van der Waals surface area contributed by atoms with E-state index < -0.39 is 28.9 Å². The van der Waals surface area contributed by atoms with Crippen molar-refractivity contribution in [3.63, 3.8) is 0 Å². The molecule has 0 spiro atoms. The predicted molar refractivity (Wildman–Crippen MR) is 78.0 cm³/mol. The van der Waals surface area contributed by atoms with Gasteiger partial charge in [-0.2, -0.15) is 13.2 Å². The number of aromatic nitrogens is 1. The fraction of sp³-hybridized carbons (Fsp3) is 0.143. The number of ether oxygens (including phenoxy) is 1. The molecule has 2 aromatic rings. The van der Waals surface area contributed by atoms with Gasteiger partial charge in [0.2, 0.25) is 0 Å². The van der Waals surface area contributed by atoms with Crippen LogP contribution < -0.4 is 15.6 Å². The van der Waals surface area contributed by atoms with Gasteiger partial charge < -0.3 is 15.0 Å².